The van der Waals surface area contributed by atoms with Gasteiger partial charge in [0.1, 0.15) is 0 Å². The molecule has 1 unspecified atom stereocenters. The first-order chi connectivity index (χ1) is 9.44. The molecule has 1 aliphatic rings. The maximum Gasteiger partial charge on any atom is 0.272 e. The first-order valence-corrected chi connectivity index (χ1v) is 6.70. The summed E-state index contributed by atoms with van der Waals surface area (Å²) in [5, 5.41) is 16.9. The van der Waals surface area contributed by atoms with Crippen molar-refractivity contribution in [2.45, 2.75) is 38.8 Å². The van der Waals surface area contributed by atoms with E-state index in [1.54, 1.807) is 19.1 Å². The molecule has 0 aliphatic carbocycles. The zero-order chi connectivity index (χ0) is 14.8. The van der Waals surface area contributed by atoms with E-state index in [4.69, 9.17) is 0 Å². The van der Waals surface area contributed by atoms with Gasteiger partial charge < -0.3 is 10.6 Å². The summed E-state index contributed by atoms with van der Waals surface area (Å²) in [6.45, 7) is 4.74. The van der Waals surface area contributed by atoms with Gasteiger partial charge in [0.2, 0.25) is 5.91 Å². The zero-order valence-electron chi connectivity index (χ0n) is 11.7. The predicted molar refractivity (Wildman–Crippen MR) is 75.3 cm³/mol. The maximum absolute atomic E-state index is 12.2. The summed E-state index contributed by atoms with van der Waals surface area (Å²) >= 11 is 0. The van der Waals surface area contributed by atoms with Crippen molar-refractivity contribution in [3.63, 3.8) is 0 Å². The Labute approximate surface area is 117 Å². The van der Waals surface area contributed by atoms with Gasteiger partial charge in [-0.2, -0.15) is 0 Å². The van der Waals surface area contributed by atoms with Crippen LogP contribution in [0.3, 0.4) is 0 Å². The summed E-state index contributed by atoms with van der Waals surface area (Å²) in [5.41, 5.74) is 0.938. The Hall–Kier alpha value is -1.95. The average Bonchev–Trinajstić information content (AvgIpc) is 2.85. The Bertz CT molecular complexity index is 536. The molecule has 6 nitrogen and oxygen atoms in total. The fraction of sp³-hybridized carbons (Fsp3) is 0.500. The predicted octanol–water partition coefficient (Wildman–Crippen LogP) is 1.66. The van der Waals surface area contributed by atoms with E-state index < -0.39 is 10.5 Å². The van der Waals surface area contributed by atoms with Gasteiger partial charge in [0.05, 0.1) is 10.5 Å². The zero-order valence-corrected chi connectivity index (χ0v) is 11.7. The molecule has 1 fully saturated rings. The average molecular weight is 277 g/mol. The highest BCUT2D eigenvalue weighted by atomic mass is 16.6. The number of amides is 1. The Balaban J connectivity index is 2.06. The largest absolute Gasteiger partial charge is 0.350 e. The fourth-order valence-electron chi connectivity index (χ4n) is 2.52. The van der Waals surface area contributed by atoms with Crippen molar-refractivity contribution < 1.29 is 9.72 Å². The first-order valence-electron chi connectivity index (χ1n) is 6.70. The Kier molecular flexibility index (Phi) is 4.04. The minimum atomic E-state index is -0.519. The SMILES string of the molecule is Cc1c(CNC(=O)C2(C)CCCN2)cccc1[N+](=O)[O-]. The van der Waals surface area contributed by atoms with Crippen LogP contribution < -0.4 is 10.6 Å². The van der Waals surface area contributed by atoms with Crippen LogP contribution in [-0.2, 0) is 11.3 Å². The monoisotopic (exact) mass is 277 g/mol. The highest BCUT2D eigenvalue weighted by Crippen LogP contribution is 2.22. The molecule has 0 spiro atoms. The van der Waals surface area contributed by atoms with E-state index >= 15 is 0 Å². The van der Waals surface area contributed by atoms with Gasteiger partial charge in [-0.1, -0.05) is 12.1 Å². The Morgan fingerprint density at radius 2 is 2.30 bits per heavy atom. The van der Waals surface area contributed by atoms with Crippen LogP contribution in [0.4, 0.5) is 5.69 Å². The first kappa shape index (κ1) is 14.5. The van der Waals surface area contributed by atoms with E-state index in [0.29, 0.717) is 12.1 Å². The normalized spacial score (nSPS) is 21.7. The molecule has 20 heavy (non-hydrogen) atoms. The minimum absolute atomic E-state index is 0.0547. The van der Waals surface area contributed by atoms with Crippen molar-refractivity contribution in [3.05, 3.63) is 39.4 Å². The van der Waals surface area contributed by atoms with Gasteiger partial charge in [-0.05, 0) is 38.8 Å². The van der Waals surface area contributed by atoms with Gasteiger partial charge in [0.25, 0.3) is 5.69 Å². The minimum Gasteiger partial charge on any atom is -0.350 e. The molecule has 6 heteroatoms. The molecule has 1 heterocycles. The van der Waals surface area contributed by atoms with Gasteiger partial charge in [-0.15, -0.1) is 0 Å². The van der Waals surface area contributed by atoms with Gasteiger partial charge in [-0.25, -0.2) is 0 Å². The van der Waals surface area contributed by atoms with Gasteiger partial charge in [0.15, 0.2) is 0 Å². The van der Waals surface area contributed by atoms with Crippen molar-refractivity contribution in [1.82, 2.24) is 10.6 Å². The summed E-state index contributed by atoms with van der Waals surface area (Å²) in [4.78, 5) is 22.6. The number of nitrogens with one attached hydrogen (secondary N) is 2. The number of hydrogen-bond donors (Lipinski definition) is 2. The van der Waals surface area contributed by atoms with Gasteiger partial charge in [0, 0.05) is 18.2 Å². The molecular weight excluding hydrogens is 258 g/mol. The molecule has 0 radical (unpaired) electrons. The molecule has 108 valence electrons. The van der Waals surface area contributed by atoms with Crippen molar-refractivity contribution >= 4 is 11.6 Å². The van der Waals surface area contributed by atoms with Crippen molar-refractivity contribution in [2.24, 2.45) is 0 Å². The van der Waals surface area contributed by atoms with Gasteiger partial charge in [-0.3, -0.25) is 14.9 Å². The number of carbonyl (C=O) groups is 1. The van der Waals surface area contributed by atoms with E-state index in [9.17, 15) is 14.9 Å². The van der Waals surface area contributed by atoms with Crippen molar-refractivity contribution in [2.75, 3.05) is 6.54 Å². The van der Waals surface area contributed by atoms with Crippen LogP contribution in [-0.4, -0.2) is 22.9 Å². The van der Waals surface area contributed by atoms with Crippen LogP contribution >= 0.6 is 0 Å². The second kappa shape index (κ2) is 5.58. The summed E-state index contributed by atoms with van der Waals surface area (Å²) in [6, 6.07) is 4.91. The van der Waals surface area contributed by atoms with Crippen LogP contribution in [0, 0.1) is 17.0 Å². The topological polar surface area (TPSA) is 84.3 Å². The second-order valence-corrected chi connectivity index (χ2v) is 5.36. The number of hydrogen-bond acceptors (Lipinski definition) is 4. The molecule has 1 saturated heterocycles. The molecule has 1 aromatic carbocycles. The molecular formula is C14H19N3O3. The van der Waals surface area contributed by atoms with Crippen LogP contribution in [0.1, 0.15) is 30.9 Å². The standard InChI is InChI=1S/C14H19N3O3/c1-10-11(5-3-6-12(10)17(19)20)9-15-13(18)14(2)7-4-8-16-14/h3,5-6,16H,4,7-9H2,1-2H3,(H,15,18). The lowest BCUT2D eigenvalue weighted by molar-refractivity contribution is -0.385. The maximum atomic E-state index is 12.2. The van der Waals surface area contributed by atoms with Crippen LogP contribution in [0.15, 0.2) is 18.2 Å². The molecule has 2 rings (SSSR count). The third-order valence-electron chi connectivity index (χ3n) is 3.92. The Morgan fingerprint density at radius 3 is 2.90 bits per heavy atom. The van der Waals surface area contributed by atoms with Crippen molar-refractivity contribution in [3.8, 4) is 0 Å². The van der Waals surface area contributed by atoms with Crippen molar-refractivity contribution in [1.29, 1.82) is 0 Å². The summed E-state index contributed by atoms with van der Waals surface area (Å²) in [5.74, 6) is -0.0547. The number of rotatable bonds is 4. The van der Waals surface area contributed by atoms with Crippen LogP contribution in [0.5, 0.6) is 0 Å². The smallest absolute Gasteiger partial charge is 0.272 e. The summed E-state index contributed by atoms with van der Waals surface area (Å²) in [6.07, 6.45) is 1.80. The molecule has 1 aromatic rings. The van der Waals surface area contributed by atoms with E-state index in [0.717, 1.165) is 24.9 Å². The third kappa shape index (κ3) is 2.80. The summed E-state index contributed by atoms with van der Waals surface area (Å²) < 4.78 is 0. The lowest BCUT2D eigenvalue weighted by atomic mass is 9.99. The fourth-order valence-corrected chi connectivity index (χ4v) is 2.52. The number of nitro groups is 1. The molecule has 0 bridgehead atoms. The quantitative estimate of drug-likeness (QED) is 0.647. The molecule has 0 saturated carbocycles. The molecule has 1 amide bonds. The number of benzene rings is 1. The molecule has 1 atom stereocenters. The highest BCUT2D eigenvalue weighted by molar-refractivity contribution is 5.86. The molecule has 1 aliphatic heterocycles. The highest BCUT2D eigenvalue weighted by Gasteiger charge is 2.35. The van der Waals surface area contributed by atoms with Crippen LogP contribution in [0.2, 0.25) is 0 Å². The van der Waals surface area contributed by atoms with Crippen LogP contribution in [0.25, 0.3) is 0 Å². The third-order valence-corrected chi connectivity index (χ3v) is 3.92. The van der Waals surface area contributed by atoms with E-state index in [1.807, 2.05) is 6.92 Å². The number of carbonyl (C=O) groups excluding carboxylic acids is 1. The summed E-state index contributed by atoms with van der Waals surface area (Å²) in [7, 11) is 0. The lowest BCUT2D eigenvalue weighted by Crippen LogP contribution is -2.50. The Morgan fingerprint density at radius 1 is 1.55 bits per heavy atom. The van der Waals surface area contributed by atoms with E-state index in [2.05, 4.69) is 10.6 Å². The number of nitrogens with zero attached hydrogens (tertiary/aromatic N) is 1. The van der Waals surface area contributed by atoms with E-state index in [1.165, 1.54) is 6.07 Å². The van der Waals surface area contributed by atoms with E-state index in [-0.39, 0.29) is 11.6 Å². The lowest BCUT2D eigenvalue weighted by Gasteiger charge is -2.23. The van der Waals surface area contributed by atoms with Gasteiger partial charge >= 0.3 is 0 Å². The molecule has 0 aromatic heterocycles. The molecule has 2 N–H and O–H groups in total. The number of nitro benzene ring substituents is 1. The second-order valence-electron chi connectivity index (χ2n) is 5.36.